The fourth-order valence-corrected chi connectivity index (χ4v) is 4.14. The maximum atomic E-state index is 4.67. The van der Waals surface area contributed by atoms with E-state index in [1.54, 1.807) is 0 Å². The Bertz CT molecular complexity index is 1100. The molecular formula is C23H19BIrN3-. The number of aromatic nitrogens is 2. The Morgan fingerprint density at radius 2 is 1.64 bits per heavy atom. The first-order chi connectivity index (χ1) is 13.3. The van der Waals surface area contributed by atoms with Gasteiger partial charge in [0.25, 0.3) is 0 Å². The summed E-state index contributed by atoms with van der Waals surface area (Å²) in [6.07, 6.45) is 3.96. The third-order valence-electron chi connectivity index (χ3n) is 5.33. The first-order valence-corrected chi connectivity index (χ1v) is 9.20. The van der Waals surface area contributed by atoms with E-state index in [2.05, 4.69) is 101 Å². The molecule has 0 unspecified atom stereocenters. The molecule has 4 aromatic rings. The minimum Gasteiger partial charge on any atom is -0.404 e. The Balaban J connectivity index is 0.00000192. The molecular weight excluding hydrogens is 521 g/mol. The molecule has 139 valence electrons. The van der Waals surface area contributed by atoms with Crippen LogP contribution < -0.4 is 10.3 Å². The molecule has 0 N–H and O–H groups in total. The topological polar surface area (TPSA) is 21.1 Å². The van der Waals surface area contributed by atoms with Gasteiger partial charge in [-0.15, -0.1) is 24.3 Å². The maximum absolute atomic E-state index is 4.67. The zero-order valence-electron chi connectivity index (χ0n) is 15.8. The Hall–Kier alpha value is -2.62. The van der Waals surface area contributed by atoms with Gasteiger partial charge in [0.2, 0.25) is 0 Å². The molecule has 0 saturated heterocycles. The van der Waals surface area contributed by atoms with Crippen LogP contribution in [0.2, 0.25) is 0 Å². The normalized spacial score (nSPS) is 12.2. The Morgan fingerprint density at radius 1 is 0.893 bits per heavy atom. The fourth-order valence-electron chi connectivity index (χ4n) is 4.14. The molecule has 0 spiro atoms. The number of imidazole rings is 1. The number of nitrogens with zero attached hydrogens (tertiary/aromatic N) is 3. The Kier molecular flexibility index (Phi) is 4.97. The van der Waals surface area contributed by atoms with Crippen LogP contribution in [-0.4, -0.2) is 16.4 Å². The Morgan fingerprint density at radius 3 is 2.39 bits per heavy atom. The third-order valence-corrected chi connectivity index (χ3v) is 5.33. The summed E-state index contributed by atoms with van der Waals surface area (Å²) >= 11 is 0. The van der Waals surface area contributed by atoms with Gasteiger partial charge >= 0.3 is 6.98 Å². The van der Waals surface area contributed by atoms with E-state index in [1.165, 1.54) is 16.6 Å². The van der Waals surface area contributed by atoms with Crippen LogP contribution >= 0.6 is 0 Å². The smallest absolute Gasteiger partial charge is 0.404 e. The average Bonchev–Trinajstić information content (AvgIpc) is 3.18. The van der Waals surface area contributed by atoms with Gasteiger partial charge in [-0.05, 0) is 31.4 Å². The van der Waals surface area contributed by atoms with Crippen LogP contribution in [0.3, 0.4) is 0 Å². The van der Waals surface area contributed by atoms with Crippen LogP contribution in [0.1, 0.15) is 11.1 Å². The number of para-hydroxylation sites is 1. The van der Waals surface area contributed by atoms with E-state index in [9.17, 15) is 0 Å². The molecule has 1 aliphatic rings. The summed E-state index contributed by atoms with van der Waals surface area (Å²) in [4.78, 5) is 7.07. The summed E-state index contributed by atoms with van der Waals surface area (Å²) in [6.45, 7) is 4.39. The minimum atomic E-state index is 0. The number of anilines is 2. The minimum absolute atomic E-state index is 0. The molecule has 5 heteroatoms. The monoisotopic (exact) mass is 541 g/mol. The molecule has 1 aliphatic heterocycles. The standard InChI is InChI=1S/C23H19BN3.Ir/c1-17-9-8-10-18(2)22(17)24-26-16-15-25-23(26)20-13-6-7-14-21(20)27(24)19-11-4-3-5-12-19;/h3-12,14-16H,1-2H3;/q-1;. The van der Waals surface area contributed by atoms with Crippen LogP contribution in [0, 0.1) is 19.9 Å². The van der Waals surface area contributed by atoms with Gasteiger partial charge in [0.1, 0.15) is 0 Å². The van der Waals surface area contributed by atoms with E-state index in [-0.39, 0.29) is 27.1 Å². The zero-order chi connectivity index (χ0) is 18.4. The van der Waals surface area contributed by atoms with Gasteiger partial charge in [-0.1, -0.05) is 58.8 Å². The molecule has 0 amide bonds. The molecule has 0 saturated carbocycles. The van der Waals surface area contributed by atoms with Crippen molar-refractivity contribution in [3.8, 4) is 11.4 Å². The molecule has 3 aromatic carbocycles. The second-order valence-corrected chi connectivity index (χ2v) is 6.97. The summed E-state index contributed by atoms with van der Waals surface area (Å²) in [5.41, 5.74) is 7.21. The van der Waals surface area contributed by atoms with Gasteiger partial charge in [-0.2, -0.15) is 0 Å². The summed E-state index contributed by atoms with van der Waals surface area (Å²) in [7, 11) is 0. The number of rotatable bonds is 2. The molecule has 0 aliphatic carbocycles. The van der Waals surface area contributed by atoms with E-state index in [0.717, 1.165) is 22.8 Å². The number of fused-ring (bicyclic) bond motifs is 3. The molecule has 1 aromatic heterocycles. The van der Waals surface area contributed by atoms with Crippen molar-refractivity contribution in [2.45, 2.75) is 13.8 Å². The first kappa shape index (κ1) is 18.7. The van der Waals surface area contributed by atoms with Crippen LogP contribution in [0.25, 0.3) is 11.4 Å². The third kappa shape index (κ3) is 2.83. The largest absolute Gasteiger partial charge is 0.404 e. The maximum Gasteiger partial charge on any atom is 0.404 e. The molecule has 0 bridgehead atoms. The van der Waals surface area contributed by atoms with E-state index in [0.29, 0.717) is 0 Å². The van der Waals surface area contributed by atoms with E-state index in [4.69, 9.17) is 0 Å². The van der Waals surface area contributed by atoms with Crippen molar-refractivity contribution in [3.63, 3.8) is 0 Å². The zero-order valence-corrected chi connectivity index (χ0v) is 18.2. The summed E-state index contributed by atoms with van der Waals surface area (Å²) in [5, 5.41) is 0. The first-order valence-electron chi connectivity index (χ1n) is 9.20. The molecule has 2 heterocycles. The van der Waals surface area contributed by atoms with Crippen molar-refractivity contribution >= 4 is 23.8 Å². The second-order valence-electron chi connectivity index (χ2n) is 6.97. The summed E-state index contributed by atoms with van der Waals surface area (Å²) in [6, 6.07) is 26.7. The predicted molar refractivity (Wildman–Crippen MR) is 112 cm³/mol. The van der Waals surface area contributed by atoms with Crippen molar-refractivity contribution in [1.82, 2.24) is 9.46 Å². The average molecular weight is 540 g/mol. The summed E-state index contributed by atoms with van der Waals surface area (Å²) < 4.78 is 2.27. The number of hydrogen-bond acceptors (Lipinski definition) is 2. The molecule has 0 atom stereocenters. The van der Waals surface area contributed by atoms with Crippen molar-refractivity contribution in [2.24, 2.45) is 0 Å². The van der Waals surface area contributed by atoms with Gasteiger partial charge in [-0.25, -0.2) is 0 Å². The van der Waals surface area contributed by atoms with Crippen LogP contribution in [-0.2, 0) is 20.1 Å². The second kappa shape index (κ2) is 7.42. The van der Waals surface area contributed by atoms with Gasteiger partial charge in [0.05, 0.1) is 0 Å². The van der Waals surface area contributed by atoms with Gasteiger partial charge in [0, 0.05) is 44.0 Å². The van der Waals surface area contributed by atoms with Crippen molar-refractivity contribution < 1.29 is 20.1 Å². The van der Waals surface area contributed by atoms with Crippen molar-refractivity contribution in [1.29, 1.82) is 0 Å². The van der Waals surface area contributed by atoms with Gasteiger partial charge in [0.15, 0.2) is 0 Å². The quantitative estimate of drug-likeness (QED) is 0.279. The van der Waals surface area contributed by atoms with E-state index in [1.807, 2.05) is 12.3 Å². The van der Waals surface area contributed by atoms with Crippen molar-refractivity contribution in [2.75, 3.05) is 4.81 Å². The molecule has 1 radical (unpaired) electrons. The SMILES string of the molecule is Cc1cccc(C)c1B1N(c2ccccc2)c2ccc[c-]c2-c2nccn21.[Ir]. The summed E-state index contributed by atoms with van der Waals surface area (Å²) in [5.74, 6) is 0.963. The van der Waals surface area contributed by atoms with E-state index >= 15 is 0 Å². The molecule has 5 rings (SSSR count). The predicted octanol–water partition coefficient (Wildman–Crippen LogP) is 4.36. The van der Waals surface area contributed by atoms with E-state index < -0.39 is 0 Å². The van der Waals surface area contributed by atoms with Crippen LogP contribution in [0.5, 0.6) is 0 Å². The fraction of sp³-hybridized carbons (Fsp3) is 0.0870. The van der Waals surface area contributed by atoms with Gasteiger partial charge < -0.3 is 9.29 Å². The Labute approximate surface area is 179 Å². The van der Waals surface area contributed by atoms with Crippen LogP contribution in [0.4, 0.5) is 11.4 Å². The molecule has 3 nitrogen and oxygen atoms in total. The molecule has 0 fully saturated rings. The van der Waals surface area contributed by atoms with Gasteiger partial charge in [-0.3, -0.25) is 4.98 Å². The number of benzene rings is 3. The number of hydrogen-bond donors (Lipinski definition) is 0. The van der Waals surface area contributed by atoms with Crippen LogP contribution in [0.15, 0.2) is 79.1 Å². The molecule has 28 heavy (non-hydrogen) atoms. The number of aryl methyl sites for hydroxylation is 2. The van der Waals surface area contributed by atoms with Crippen molar-refractivity contribution in [3.05, 3.63) is 96.3 Å².